The van der Waals surface area contributed by atoms with Gasteiger partial charge in [-0.2, -0.15) is 0 Å². The van der Waals surface area contributed by atoms with Gasteiger partial charge >= 0.3 is 11.9 Å². The molecule has 0 bridgehead atoms. The minimum absolute atomic E-state index is 0.155. The monoisotopic (exact) mass is 251 g/mol. The van der Waals surface area contributed by atoms with Gasteiger partial charge in [-0.15, -0.1) is 0 Å². The van der Waals surface area contributed by atoms with Gasteiger partial charge in [-0.25, -0.2) is 4.79 Å². The van der Waals surface area contributed by atoms with Crippen LogP contribution in [-0.4, -0.2) is 22.2 Å². The fourth-order valence-corrected chi connectivity index (χ4v) is 1.76. The van der Waals surface area contributed by atoms with Crippen LogP contribution in [-0.2, 0) is 11.2 Å². The van der Waals surface area contributed by atoms with E-state index in [-0.39, 0.29) is 5.56 Å². The summed E-state index contributed by atoms with van der Waals surface area (Å²) in [4.78, 5) is 21.8. The third-order valence-corrected chi connectivity index (χ3v) is 2.79. The molecular formula is C13H17NO4. The van der Waals surface area contributed by atoms with Gasteiger partial charge < -0.3 is 15.9 Å². The number of aryl methyl sites for hydroxylation is 1. The Morgan fingerprint density at radius 1 is 1.33 bits per heavy atom. The minimum Gasteiger partial charge on any atom is -0.480 e. The molecule has 98 valence electrons. The number of aromatic carboxylic acids is 1. The highest BCUT2D eigenvalue weighted by Crippen LogP contribution is 2.20. The number of nitrogens with two attached hydrogens (primary N) is 1. The molecule has 0 spiro atoms. The Morgan fingerprint density at radius 2 is 2.00 bits per heavy atom. The normalized spacial score (nSPS) is 12.1. The number of carboxylic acid groups (broad SMARTS) is 2. The molecule has 0 amide bonds. The second-order valence-electron chi connectivity index (χ2n) is 4.14. The van der Waals surface area contributed by atoms with E-state index in [1.54, 1.807) is 0 Å². The SMILES string of the molecule is CCCCc1cc(C(=O)O)ccc1C(N)C(=O)O. The predicted molar refractivity (Wildman–Crippen MR) is 66.6 cm³/mol. The molecule has 18 heavy (non-hydrogen) atoms. The number of rotatable bonds is 6. The van der Waals surface area contributed by atoms with Crippen LogP contribution in [0.2, 0.25) is 0 Å². The molecule has 0 aliphatic rings. The first-order valence-corrected chi connectivity index (χ1v) is 5.81. The summed E-state index contributed by atoms with van der Waals surface area (Å²) in [7, 11) is 0. The Morgan fingerprint density at radius 3 is 2.50 bits per heavy atom. The molecule has 1 aromatic carbocycles. The zero-order valence-corrected chi connectivity index (χ0v) is 10.2. The van der Waals surface area contributed by atoms with E-state index in [1.165, 1.54) is 18.2 Å². The lowest BCUT2D eigenvalue weighted by Gasteiger charge is -2.13. The van der Waals surface area contributed by atoms with Gasteiger partial charge in [0.25, 0.3) is 0 Å². The maximum absolute atomic E-state index is 10.9. The second-order valence-corrected chi connectivity index (χ2v) is 4.14. The molecule has 1 unspecified atom stereocenters. The molecular weight excluding hydrogens is 234 g/mol. The molecule has 0 aromatic heterocycles. The van der Waals surface area contributed by atoms with Crippen LogP contribution < -0.4 is 5.73 Å². The van der Waals surface area contributed by atoms with E-state index in [2.05, 4.69) is 0 Å². The van der Waals surface area contributed by atoms with Crippen LogP contribution in [0.1, 0.15) is 47.3 Å². The number of aliphatic carboxylic acids is 1. The Bertz CT molecular complexity index is 456. The first-order valence-electron chi connectivity index (χ1n) is 5.81. The smallest absolute Gasteiger partial charge is 0.335 e. The van der Waals surface area contributed by atoms with Crippen LogP contribution in [0.15, 0.2) is 18.2 Å². The zero-order chi connectivity index (χ0) is 13.7. The summed E-state index contributed by atoms with van der Waals surface area (Å²) in [6.07, 6.45) is 2.44. The van der Waals surface area contributed by atoms with Crippen molar-refractivity contribution in [3.63, 3.8) is 0 Å². The van der Waals surface area contributed by atoms with Gasteiger partial charge in [-0.05, 0) is 36.1 Å². The Hall–Kier alpha value is -1.88. The van der Waals surface area contributed by atoms with E-state index in [9.17, 15) is 9.59 Å². The van der Waals surface area contributed by atoms with E-state index < -0.39 is 18.0 Å². The summed E-state index contributed by atoms with van der Waals surface area (Å²) in [6.45, 7) is 2.01. The highest BCUT2D eigenvalue weighted by atomic mass is 16.4. The van der Waals surface area contributed by atoms with Crippen molar-refractivity contribution in [2.24, 2.45) is 5.73 Å². The van der Waals surface area contributed by atoms with Crippen LogP contribution in [0, 0.1) is 0 Å². The molecule has 0 fully saturated rings. The van der Waals surface area contributed by atoms with Gasteiger partial charge in [0.15, 0.2) is 0 Å². The molecule has 0 saturated heterocycles. The topological polar surface area (TPSA) is 101 Å². The predicted octanol–water partition coefficient (Wildman–Crippen LogP) is 1.81. The van der Waals surface area contributed by atoms with Gasteiger partial charge in [0.05, 0.1) is 5.56 Å². The largest absolute Gasteiger partial charge is 0.480 e. The summed E-state index contributed by atoms with van der Waals surface area (Å²) >= 11 is 0. The number of unbranched alkanes of at least 4 members (excludes halogenated alkanes) is 1. The summed E-state index contributed by atoms with van der Waals surface area (Å²) in [5.74, 6) is -2.14. The molecule has 0 aliphatic heterocycles. The quantitative estimate of drug-likeness (QED) is 0.715. The first-order chi connectivity index (χ1) is 8.47. The third-order valence-electron chi connectivity index (χ3n) is 2.79. The highest BCUT2D eigenvalue weighted by molar-refractivity contribution is 5.88. The fraction of sp³-hybridized carbons (Fsp3) is 0.385. The van der Waals surface area contributed by atoms with E-state index in [1.807, 2.05) is 6.92 Å². The lowest BCUT2D eigenvalue weighted by Crippen LogP contribution is -2.22. The van der Waals surface area contributed by atoms with Gasteiger partial charge in [0.2, 0.25) is 0 Å². The first kappa shape index (κ1) is 14.2. The summed E-state index contributed by atoms with van der Waals surface area (Å²) in [5, 5.41) is 17.8. The van der Waals surface area contributed by atoms with Crippen molar-refractivity contribution in [2.75, 3.05) is 0 Å². The maximum Gasteiger partial charge on any atom is 0.335 e. The molecule has 4 N–H and O–H groups in total. The van der Waals surface area contributed by atoms with E-state index >= 15 is 0 Å². The lowest BCUT2D eigenvalue weighted by atomic mass is 9.95. The summed E-state index contributed by atoms with van der Waals surface area (Å²) in [5.41, 5.74) is 6.93. The second kappa shape index (κ2) is 6.16. The number of carbonyl (C=O) groups is 2. The van der Waals surface area contributed by atoms with Crippen LogP contribution >= 0.6 is 0 Å². The van der Waals surface area contributed by atoms with Crippen molar-refractivity contribution in [3.05, 3.63) is 34.9 Å². The number of benzene rings is 1. The summed E-state index contributed by atoms with van der Waals surface area (Å²) in [6, 6.07) is 3.28. The Labute approximate surface area is 105 Å². The molecule has 5 nitrogen and oxygen atoms in total. The van der Waals surface area contributed by atoms with Gasteiger partial charge in [-0.1, -0.05) is 19.4 Å². The van der Waals surface area contributed by atoms with Gasteiger partial charge in [0, 0.05) is 0 Å². The van der Waals surface area contributed by atoms with Crippen molar-refractivity contribution in [1.29, 1.82) is 0 Å². The number of hydrogen-bond acceptors (Lipinski definition) is 3. The summed E-state index contributed by atoms with van der Waals surface area (Å²) < 4.78 is 0. The molecule has 1 rings (SSSR count). The Kier molecular flexibility index (Phi) is 4.85. The fourth-order valence-electron chi connectivity index (χ4n) is 1.76. The van der Waals surface area contributed by atoms with Crippen LogP contribution in [0.25, 0.3) is 0 Å². The average Bonchev–Trinajstić information content (AvgIpc) is 2.34. The van der Waals surface area contributed by atoms with Gasteiger partial charge in [-0.3, -0.25) is 4.79 Å². The van der Waals surface area contributed by atoms with Crippen LogP contribution in [0.5, 0.6) is 0 Å². The minimum atomic E-state index is -1.11. The van der Waals surface area contributed by atoms with E-state index in [4.69, 9.17) is 15.9 Å². The molecule has 5 heteroatoms. The maximum atomic E-state index is 10.9. The van der Waals surface area contributed by atoms with Crippen molar-refractivity contribution < 1.29 is 19.8 Å². The third kappa shape index (κ3) is 3.30. The Balaban J connectivity index is 3.15. The molecule has 0 saturated carbocycles. The molecule has 0 aliphatic carbocycles. The molecule has 0 radical (unpaired) electrons. The molecule has 1 aromatic rings. The van der Waals surface area contributed by atoms with Crippen LogP contribution in [0.4, 0.5) is 0 Å². The van der Waals surface area contributed by atoms with Crippen molar-refractivity contribution in [1.82, 2.24) is 0 Å². The molecule has 0 heterocycles. The van der Waals surface area contributed by atoms with Crippen LogP contribution in [0.3, 0.4) is 0 Å². The van der Waals surface area contributed by atoms with Crippen molar-refractivity contribution in [3.8, 4) is 0 Å². The van der Waals surface area contributed by atoms with Crippen molar-refractivity contribution in [2.45, 2.75) is 32.2 Å². The van der Waals surface area contributed by atoms with Crippen molar-refractivity contribution >= 4 is 11.9 Å². The average molecular weight is 251 g/mol. The standard InChI is InChI=1S/C13H17NO4/c1-2-3-4-8-7-9(12(15)16)5-6-10(8)11(14)13(17)18/h5-7,11H,2-4,14H2,1H3,(H,15,16)(H,17,18). The number of carboxylic acids is 2. The van der Waals surface area contributed by atoms with Gasteiger partial charge in [0.1, 0.15) is 6.04 Å². The molecule has 1 atom stereocenters. The van der Waals surface area contributed by atoms with E-state index in [0.29, 0.717) is 17.5 Å². The highest BCUT2D eigenvalue weighted by Gasteiger charge is 2.19. The zero-order valence-electron chi connectivity index (χ0n) is 10.2. The lowest BCUT2D eigenvalue weighted by molar-refractivity contribution is -0.138. The number of hydrogen-bond donors (Lipinski definition) is 3. The van der Waals surface area contributed by atoms with E-state index in [0.717, 1.165) is 12.8 Å².